The van der Waals surface area contributed by atoms with E-state index in [2.05, 4.69) is 39.8 Å². The van der Waals surface area contributed by atoms with Gasteiger partial charge in [0, 0.05) is 45.3 Å². The maximum atomic E-state index is 5.60. The van der Waals surface area contributed by atoms with Gasteiger partial charge in [-0.3, -0.25) is 9.89 Å². The summed E-state index contributed by atoms with van der Waals surface area (Å²) in [4.78, 5) is 11.6. The smallest absolute Gasteiger partial charge is 0.190 e. The van der Waals surface area contributed by atoms with Gasteiger partial charge in [-0.15, -0.1) is 35.3 Å². The van der Waals surface area contributed by atoms with Crippen molar-refractivity contribution in [2.45, 2.75) is 58.9 Å². The van der Waals surface area contributed by atoms with Gasteiger partial charge in [-0.2, -0.15) is 0 Å². The van der Waals surface area contributed by atoms with Crippen molar-refractivity contribution in [1.29, 1.82) is 0 Å². The standard InChI is InChI=1S/C21H39N5OS.HI/c1-4-6-13-27-14-7-10-23-21(22-3)24-15-18-8-11-26(12-9-18)16-19-17-28-20(5-2)25-19;/h17-18H,4-16H2,1-3H3,(H2,22,23,24);1H. The van der Waals surface area contributed by atoms with Gasteiger partial charge in [-0.05, 0) is 51.1 Å². The molecule has 0 aromatic carbocycles. The van der Waals surface area contributed by atoms with Gasteiger partial charge >= 0.3 is 0 Å². The van der Waals surface area contributed by atoms with Crippen LogP contribution in [0, 0.1) is 5.92 Å². The molecule has 1 aliphatic rings. The number of hydrogen-bond donors (Lipinski definition) is 2. The summed E-state index contributed by atoms with van der Waals surface area (Å²) in [5, 5.41) is 10.4. The highest BCUT2D eigenvalue weighted by molar-refractivity contribution is 14.0. The lowest BCUT2D eigenvalue weighted by atomic mass is 9.97. The van der Waals surface area contributed by atoms with Gasteiger partial charge in [0.25, 0.3) is 0 Å². The Balaban J connectivity index is 0.00000420. The molecular weight excluding hydrogens is 497 g/mol. The van der Waals surface area contributed by atoms with E-state index in [0.29, 0.717) is 5.92 Å². The van der Waals surface area contributed by atoms with Gasteiger partial charge in [-0.25, -0.2) is 4.98 Å². The van der Waals surface area contributed by atoms with Gasteiger partial charge in [0.2, 0.25) is 0 Å². The maximum Gasteiger partial charge on any atom is 0.190 e. The van der Waals surface area contributed by atoms with Crippen LogP contribution in [0.4, 0.5) is 0 Å². The van der Waals surface area contributed by atoms with Gasteiger partial charge in [0.15, 0.2) is 5.96 Å². The highest BCUT2D eigenvalue weighted by Crippen LogP contribution is 2.19. The molecule has 0 unspecified atom stereocenters. The molecule has 6 nitrogen and oxygen atoms in total. The predicted octanol–water partition coefficient (Wildman–Crippen LogP) is 3.91. The average Bonchev–Trinajstić information content (AvgIpc) is 3.18. The SMILES string of the molecule is CCCCOCCCNC(=NC)NCC1CCN(Cc2csc(CC)n2)CC1.I. The summed E-state index contributed by atoms with van der Waals surface area (Å²) in [6, 6.07) is 0. The second-order valence-corrected chi connectivity index (χ2v) is 8.45. The van der Waals surface area contributed by atoms with Crippen LogP contribution in [-0.2, 0) is 17.7 Å². The minimum Gasteiger partial charge on any atom is -0.381 e. The number of aryl methyl sites for hydroxylation is 1. The predicted molar refractivity (Wildman–Crippen MR) is 135 cm³/mol. The van der Waals surface area contributed by atoms with Gasteiger partial charge < -0.3 is 15.4 Å². The van der Waals surface area contributed by atoms with Crippen molar-refractivity contribution in [2.24, 2.45) is 10.9 Å². The lowest BCUT2D eigenvalue weighted by Crippen LogP contribution is -2.43. The Kier molecular flexibility index (Phi) is 14.9. The van der Waals surface area contributed by atoms with Gasteiger partial charge in [0.1, 0.15) is 0 Å². The van der Waals surface area contributed by atoms with Crippen LogP contribution in [0.1, 0.15) is 56.7 Å². The summed E-state index contributed by atoms with van der Waals surface area (Å²) in [5.74, 6) is 1.62. The number of piperidine rings is 1. The average molecular weight is 538 g/mol. The Morgan fingerprint density at radius 2 is 2.00 bits per heavy atom. The largest absolute Gasteiger partial charge is 0.381 e. The third-order valence-electron chi connectivity index (χ3n) is 5.18. The summed E-state index contributed by atoms with van der Waals surface area (Å²) in [7, 11) is 1.84. The molecule has 1 saturated heterocycles. The molecule has 0 atom stereocenters. The lowest BCUT2D eigenvalue weighted by Gasteiger charge is -2.31. The zero-order chi connectivity index (χ0) is 20.0. The number of aromatic nitrogens is 1. The molecule has 168 valence electrons. The molecule has 1 aliphatic heterocycles. The first-order chi connectivity index (χ1) is 13.7. The van der Waals surface area contributed by atoms with Crippen LogP contribution >= 0.6 is 35.3 Å². The number of thiazole rings is 1. The summed E-state index contributed by atoms with van der Waals surface area (Å²) in [6.07, 6.45) is 6.87. The molecule has 29 heavy (non-hydrogen) atoms. The fourth-order valence-electron chi connectivity index (χ4n) is 3.35. The van der Waals surface area contributed by atoms with Crippen molar-refractivity contribution in [3.8, 4) is 0 Å². The first-order valence-electron chi connectivity index (χ1n) is 10.9. The molecule has 0 amide bonds. The van der Waals surface area contributed by atoms with Crippen LogP contribution in [0.2, 0.25) is 0 Å². The molecule has 1 fully saturated rings. The van der Waals surface area contributed by atoms with Crippen molar-refractivity contribution in [1.82, 2.24) is 20.5 Å². The Morgan fingerprint density at radius 1 is 1.24 bits per heavy atom. The molecule has 0 saturated carbocycles. The monoisotopic (exact) mass is 537 g/mol. The molecule has 2 heterocycles. The highest BCUT2D eigenvalue weighted by Gasteiger charge is 2.20. The molecule has 0 spiro atoms. The van der Waals surface area contributed by atoms with Crippen molar-refractivity contribution < 1.29 is 4.74 Å². The summed E-state index contributed by atoms with van der Waals surface area (Å²) >= 11 is 1.79. The molecule has 0 radical (unpaired) electrons. The number of ether oxygens (including phenoxy) is 1. The van der Waals surface area contributed by atoms with E-state index >= 15 is 0 Å². The number of likely N-dealkylation sites (tertiary alicyclic amines) is 1. The maximum absolute atomic E-state index is 5.60. The number of nitrogens with one attached hydrogen (secondary N) is 2. The van der Waals surface area contributed by atoms with Crippen molar-refractivity contribution in [3.63, 3.8) is 0 Å². The van der Waals surface area contributed by atoms with E-state index in [1.807, 2.05) is 7.05 Å². The number of nitrogens with zero attached hydrogens (tertiary/aromatic N) is 3. The van der Waals surface area contributed by atoms with Crippen molar-refractivity contribution >= 4 is 41.3 Å². The molecule has 2 N–H and O–H groups in total. The quantitative estimate of drug-likeness (QED) is 0.183. The van der Waals surface area contributed by atoms with Crippen LogP contribution < -0.4 is 10.6 Å². The third kappa shape index (κ3) is 10.9. The van der Waals surface area contributed by atoms with Gasteiger partial charge in [0.05, 0.1) is 10.7 Å². The zero-order valence-electron chi connectivity index (χ0n) is 18.4. The van der Waals surface area contributed by atoms with Gasteiger partial charge in [-0.1, -0.05) is 20.3 Å². The van der Waals surface area contributed by atoms with Crippen LogP contribution in [0.15, 0.2) is 10.4 Å². The number of guanidine groups is 1. The van der Waals surface area contributed by atoms with Crippen molar-refractivity contribution in [3.05, 3.63) is 16.1 Å². The molecule has 1 aromatic rings. The minimum absolute atomic E-state index is 0. The molecule has 0 aliphatic carbocycles. The van der Waals surface area contributed by atoms with E-state index in [9.17, 15) is 0 Å². The van der Waals surface area contributed by atoms with E-state index in [4.69, 9.17) is 9.72 Å². The van der Waals surface area contributed by atoms with E-state index < -0.39 is 0 Å². The second-order valence-electron chi connectivity index (χ2n) is 7.51. The van der Waals surface area contributed by atoms with Crippen LogP contribution in [-0.4, -0.2) is 62.3 Å². The number of unbranched alkanes of at least 4 members (excludes halogenated alkanes) is 1. The van der Waals surface area contributed by atoms with Crippen LogP contribution in [0.3, 0.4) is 0 Å². The number of rotatable bonds is 12. The fraction of sp³-hybridized carbons (Fsp3) is 0.810. The second kappa shape index (κ2) is 16.3. The fourth-order valence-corrected chi connectivity index (χ4v) is 4.09. The van der Waals surface area contributed by atoms with Crippen LogP contribution in [0.25, 0.3) is 0 Å². The third-order valence-corrected chi connectivity index (χ3v) is 6.22. The highest BCUT2D eigenvalue weighted by atomic mass is 127. The molecule has 0 bridgehead atoms. The Labute approximate surface area is 198 Å². The molecular formula is C21H40IN5OS. The Bertz CT molecular complexity index is 561. The molecule has 2 rings (SSSR count). The Morgan fingerprint density at radius 3 is 2.66 bits per heavy atom. The van der Waals surface area contributed by atoms with E-state index in [1.165, 1.54) is 30.0 Å². The topological polar surface area (TPSA) is 61.8 Å². The number of aliphatic imine (C=N–C) groups is 1. The molecule has 1 aromatic heterocycles. The lowest BCUT2D eigenvalue weighted by molar-refractivity contribution is 0.129. The minimum atomic E-state index is 0. The first-order valence-corrected chi connectivity index (χ1v) is 11.8. The summed E-state index contributed by atoms with van der Waals surface area (Å²) in [5.41, 5.74) is 1.24. The molecule has 8 heteroatoms. The Hall–Kier alpha value is -0.450. The van der Waals surface area contributed by atoms with Crippen molar-refractivity contribution in [2.75, 3.05) is 46.4 Å². The normalized spacial score (nSPS) is 15.9. The van der Waals surface area contributed by atoms with Crippen LogP contribution in [0.5, 0.6) is 0 Å². The first kappa shape index (κ1) is 26.6. The van der Waals surface area contributed by atoms with E-state index in [1.54, 1.807) is 11.3 Å². The van der Waals surface area contributed by atoms with E-state index in [-0.39, 0.29) is 24.0 Å². The number of halogens is 1. The zero-order valence-corrected chi connectivity index (χ0v) is 21.6. The number of hydrogen-bond acceptors (Lipinski definition) is 5. The summed E-state index contributed by atoms with van der Waals surface area (Å²) in [6.45, 7) is 11.3. The van der Waals surface area contributed by atoms with E-state index in [0.717, 1.165) is 71.2 Å². The summed E-state index contributed by atoms with van der Waals surface area (Å²) < 4.78 is 5.60.